The van der Waals surface area contributed by atoms with Crippen molar-refractivity contribution in [3.05, 3.63) is 41.8 Å². The van der Waals surface area contributed by atoms with Crippen molar-refractivity contribution in [3.63, 3.8) is 0 Å². The number of unbranched alkanes of at least 4 members (excludes halogenated alkanes) is 1. The smallest absolute Gasteiger partial charge is 0.225 e. The molecule has 0 unspecified atom stereocenters. The maximum Gasteiger partial charge on any atom is 0.225 e. The third-order valence-electron chi connectivity index (χ3n) is 3.50. The molecule has 1 aromatic heterocycles. The number of hydrogen-bond donors (Lipinski definition) is 0. The van der Waals surface area contributed by atoms with E-state index >= 15 is 0 Å². The van der Waals surface area contributed by atoms with Crippen LogP contribution in [-0.2, 0) is 6.42 Å². The number of aromatic nitrogens is 1. The Balaban J connectivity index is 1.96. The first kappa shape index (κ1) is 13.9. The fraction of sp³-hybridized carbons (Fsp3) is 0.471. The minimum atomic E-state index is 0.703. The quantitative estimate of drug-likeness (QED) is 0.679. The molecule has 0 saturated carbocycles. The zero-order valence-electron chi connectivity index (χ0n) is 12.1. The van der Waals surface area contributed by atoms with Crippen LogP contribution in [0.25, 0.3) is 11.5 Å². The van der Waals surface area contributed by atoms with E-state index in [1.807, 2.05) is 0 Å². The van der Waals surface area contributed by atoms with E-state index in [0.717, 1.165) is 11.5 Å². The SMILES string of the molecule is Cc1cc(-c2ncco2)ccc1CCCCC(C)C. The van der Waals surface area contributed by atoms with E-state index < -0.39 is 0 Å². The molecular weight excluding hydrogens is 234 g/mol. The predicted octanol–water partition coefficient (Wildman–Crippen LogP) is 5.02. The zero-order chi connectivity index (χ0) is 13.7. The van der Waals surface area contributed by atoms with Crippen LogP contribution in [0.15, 0.2) is 35.1 Å². The summed E-state index contributed by atoms with van der Waals surface area (Å²) in [6.07, 6.45) is 8.39. The van der Waals surface area contributed by atoms with E-state index in [-0.39, 0.29) is 0 Å². The molecule has 19 heavy (non-hydrogen) atoms. The average Bonchev–Trinajstić information content (AvgIpc) is 2.89. The fourth-order valence-electron chi connectivity index (χ4n) is 2.34. The molecule has 2 aromatic rings. The van der Waals surface area contributed by atoms with Gasteiger partial charge in [-0.25, -0.2) is 4.98 Å². The lowest BCUT2D eigenvalue weighted by Crippen LogP contribution is -1.93. The number of rotatable bonds is 6. The van der Waals surface area contributed by atoms with Gasteiger partial charge in [-0.3, -0.25) is 0 Å². The second-order valence-corrected chi connectivity index (χ2v) is 5.62. The Morgan fingerprint density at radius 2 is 2.05 bits per heavy atom. The highest BCUT2D eigenvalue weighted by Gasteiger charge is 2.05. The molecule has 2 heteroatoms. The molecule has 0 aliphatic carbocycles. The number of hydrogen-bond acceptors (Lipinski definition) is 2. The van der Waals surface area contributed by atoms with Gasteiger partial charge < -0.3 is 4.42 Å². The Kier molecular flexibility index (Phi) is 4.78. The third-order valence-corrected chi connectivity index (χ3v) is 3.50. The third kappa shape index (κ3) is 3.95. The van der Waals surface area contributed by atoms with Crippen molar-refractivity contribution in [2.24, 2.45) is 5.92 Å². The first-order valence-corrected chi connectivity index (χ1v) is 7.16. The Morgan fingerprint density at radius 3 is 2.68 bits per heavy atom. The maximum absolute atomic E-state index is 5.33. The molecule has 1 aromatic carbocycles. The Hall–Kier alpha value is -1.57. The number of benzene rings is 1. The highest BCUT2D eigenvalue weighted by atomic mass is 16.3. The first-order valence-electron chi connectivity index (χ1n) is 7.16. The van der Waals surface area contributed by atoms with Crippen molar-refractivity contribution in [2.75, 3.05) is 0 Å². The van der Waals surface area contributed by atoms with Crippen LogP contribution >= 0.6 is 0 Å². The van der Waals surface area contributed by atoms with E-state index in [2.05, 4.69) is 44.0 Å². The summed E-state index contributed by atoms with van der Waals surface area (Å²) >= 11 is 0. The van der Waals surface area contributed by atoms with Crippen LogP contribution in [0.1, 0.15) is 44.2 Å². The van der Waals surface area contributed by atoms with E-state index in [4.69, 9.17) is 4.42 Å². The Morgan fingerprint density at radius 1 is 1.21 bits per heavy atom. The van der Waals surface area contributed by atoms with Gasteiger partial charge in [0.2, 0.25) is 5.89 Å². The normalized spacial score (nSPS) is 11.2. The standard InChI is InChI=1S/C17H23NO/c1-13(2)6-4-5-7-15-8-9-16(12-14(15)3)17-18-10-11-19-17/h8-13H,4-7H2,1-3H3. The van der Waals surface area contributed by atoms with Crippen molar-refractivity contribution >= 4 is 0 Å². The van der Waals surface area contributed by atoms with Gasteiger partial charge in [0.15, 0.2) is 0 Å². The molecule has 0 bridgehead atoms. The molecule has 0 spiro atoms. The van der Waals surface area contributed by atoms with Crippen LogP contribution in [0, 0.1) is 12.8 Å². The van der Waals surface area contributed by atoms with Crippen LogP contribution in [0.4, 0.5) is 0 Å². The molecular formula is C17H23NO. The summed E-state index contributed by atoms with van der Waals surface area (Å²) in [7, 11) is 0. The van der Waals surface area contributed by atoms with E-state index in [0.29, 0.717) is 5.89 Å². The van der Waals surface area contributed by atoms with Crippen molar-refractivity contribution in [2.45, 2.75) is 46.5 Å². The largest absolute Gasteiger partial charge is 0.445 e. The minimum Gasteiger partial charge on any atom is -0.445 e. The van der Waals surface area contributed by atoms with Crippen LogP contribution in [0.5, 0.6) is 0 Å². The van der Waals surface area contributed by atoms with Gasteiger partial charge in [-0.15, -0.1) is 0 Å². The molecule has 1 heterocycles. The number of aryl methyl sites for hydroxylation is 2. The van der Waals surface area contributed by atoms with Gasteiger partial charge in [0.1, 0.15) is 6.26 Å². The van der Waals surface area contributed by atoms with Gasteiger partial charge in [-0.1, -0.05) is 32.8 Å². The second kappa shape index (κ2) is 6.55. The van der Waals surface area contributed by atoms with Gasteiger partial charge in [-0.2, -0.15) is 0 Å². The van der Waals surface area contributed by atoms with Gasteiger partial charge in [-0.05, 0) is 48.9 Å². The highest BCUT2D eigenvalue weighted by Crippen LogP contribution is 2.22. The first-order chi connectivity index (χ1) is 9.16. The van der Waals surface area contributed by atoms with Crippen LogP contribution < -0.4 is 0 Å². The minimum absolute atomic E-state index is 0.703. The summed E-state index contributed by atoms with van der Waals surface area (Å²) in [6, 6.07) is 6.49. The lowest BCUT2D eigenvalue weighted by molar-refractivity contribution is 0.538. The number of nitrogens with zero attached hydrogens (tertiary/aromatic N) is 1. The van der Waals surface area contributed by atoms with Gasteiger partial charge in [0.25, 0.3) is 0 Å². The molecule has 0 amide bonds. The predicted molar refractivity (Wildman–Crippen MR) is 79.1 cm³/mol. The van der Waals surface area contributed by atoms with Crippen molar-refractivity contribution in [1.82, 2.24) is 4.98 Å². The van der Waals surface area contributed by atoms with Crippen LogP contribution in [0.3, 0.4) is 0 Å². The monoisotopic (exact) mass is 257 g/mol. The molecule has 0 atom stereocenters. The molecule has 0 aliphatic heterocycles. The highest BCUT2D eigenvalue weighted by molar-refractivity contribution is 5.55. The average molecular weight is 257 g/mol. The topological polar surface area (TPSA) is 26.0 Å². The lowest BCUT2D eigenvalue weighted by Gasteiger charge is -2.08. The molecule has 0 radical (unpaired) electrons. The molecule has 0 aliphatic rings. The van der Waals surface area contributed by atoms with Gasteiger partial charge in [0, 0.05) is 5.56 Å². The molecule has 2 nitrogen and oxygen atoms in total. The van der Waals surface area contributed by atoms with Crippen LogP contribution in [0.2, 0.25) is 0 Å². The van der Waals surface area contributed by atoms with E-state index in [1.54, 1.807) is 12.5 Å². The van der Waals surface area contributed by atoms with Crippen molar-refractivity contribution in [3.8, 4) is 11.5 Å². The molecule has 102 valence electrons. The summed E-state index contributed by atoms with van der Waals surface area (Å²) in [5.74, 6) is 1.52. The van der Waals surface area contributed by atoms with Crippen LogP contribution in [-0.4, -0.2) is 4.98 Å². The summed E-state index contributed by atoms with van der Waals surface area (Å²) in [5.41, 5.74) is 3.84. The van der Waals surface area contributed by atoms with Gasteiger partial charge >= 0.3 is 0 Å². The van der Waals surface area contributed by atoms with E-state index in [1.165, 1.54) is 36.8 Å². The molecule has 0 N–H and O–H groups in total. The summed E-state index contributed by atoms with van der Waals surface area (Å²) < 4.78 is 5.33. The lowest BCUT2D eigenvalue weighted by atomic mass is 9.98. The molecule has 0 fully saturated rings. The number of oxazole rings is 1. The summed E-state index contributed by atoms with van der Waals surface area (Å²) in [4.78, 5) is 4.19. The van der Waals surface area contributed by atoms with Gasteiger partial charge in [0.05, 0.1) is 6.20 Å². The fourth-order valence-corrected chi connectivity index (χ4v) is 2.34. The second-order valence-electron chi connectivity index (χ2n) is 5.62. The molecule has 2 rings (SSSR count). The zero-order valence-corrected chi connectivity index (χ0v) is 12.1. The van der Waals surface area contributed by atoms with Crippen molar-refractivity contribution in [1.29, 1.82) is 0 Å². The Labute approximate surface area is 115 Å². The summed E-state index contributed by atoms with van der Waals surface area (Å²) in [5, 5.41) is 0. The summed E-state index contributed by atoms with van der Waals surface area (Å²) in [6.45, 7) is 6.75. The molecule has 0 saturated heterocycles. The maximum atomic E-state index is 5.33. The Bertz CT molecular complexity index is 500. The van der Waals surface area contributed by atoms with Crippen molar-refractivity contribution < 1.29 is 4.42 Å². The van der Waals surface area contributed by atoms with E-state index in [9.17, 15) is 0 Å².